The molecule has 2 N–H and O–H groups in total. The van der Waals surface area contributed by atoms with Gasteiger partial charge in [-0.2, -0.15) is 0 Å². The highest BCUT2D eigenvalue weighted by molar-refractivity contribution is 8.00. The molecule has 0 aliphatic carbocycles. The number of ether oxygens (including phenoxy) is 1. The highest BCUT2D eigenvalue weighted by atomic mass is 35.5. The molecule has 5 nitrogen and oxygen atoms in total. The molecular weight excluding hydrogens is 420 g/mol. The summed E-state index contributed by atoms with van der Waals surface area (Å²) in [4.78, 5) is 25.6. The summed E-state index contributed by atoms with van der Waals surface area (Å²) in [6.45, 7) is 1.91. The predicted octanol–water partition coefficient (Wildman–Crippen LogP) is 5.64. The molecular formula is C23H21ClN2O3S. The van der Waals surface area contributed by atoms with Gasteiger partial charge in [-0.15, -0.1) is 11.8 Å². The number of aryl methyl sites for hydroxylation is 1. The Morgan fingerprint density at radius 1 is 1.00 bits per heavy atom. The molecule has 0 saturated carbocycles. The van der Waals surface area contributed by atoms with Crippen LogP contribution in [0, 0.1) is 6.92 Å². The Hall–Kier alpha value is -2.96. The molecule has 154 valence electrons. The van der Waals surface area contributed by atoms with Crippen LogP contribution in [0.2, 0.25) is 5.02 Å². The molecule has 0 saturated heterocycles. The molecule has 0 bridgehead atoms. The van der Waals surface area contributed by atoms with Crippen LogP contribution in [0.4, 0.5) is 11.4 Å². The number of methoxy groups -OCH3 is 1. The zero-order valence-electron chi connectivity index (χ0n) is 16.6. The number of carbonyl (C=O) groups excluding carboxylic acids is 2. The molecule has 0 atom stereocenters. The van der Waals surface area contributed by atoms with Crippen LogP contribution in [0.25, 0.3) is 0 Å². The van der Waals surface area contributed by atoms with Crippen molar-refractivity contribution in [3.63, 3.8) is 0 Å². The Labute approximate surface area is 184 Å². The third kappa shape index (κ3) is 6.02. The van der Waals surface area contributed by atoms with Crippen LogP contribution >= 0.6 is 23.4 Å². The number of benzene rings is 3. The summed E-state index contributed by atoms with van der Waals surface area (Å²) < 4.78 is 5.16. The lowest BCUT2D eigenvalue weighted by Crippen LogP contribution is -2.15. The van der Waals surface area contributed by atoms with Gasteiger partial charge >= 0.3 is 0 Å². The maximum absolute atomic E-state index is 12.5. The van der Waals surface area contributed by atoms with Gasteiger partial charge in [0.05, 0.1) is 12.9 Å². The van der Waals surface area contributed by atoms with E-state index in [2.05, 4.69) is 10.6 Å². The van der Waals surface area contributed by atoms with Gasteiger partial charge in [0, 0.05) is 26.9 Å². The Bertz CT molecular complexity index is 1070. The summed E-state index contributed by atoms with van der Waals surface area (Å²) in [6, 6.07) is 19.7. The minimum Gasteiger partial charge on any atom is -0.497 e. The summed E-state index contributed by atoms with van der Waals surface area (Å²) in [5.74, 6) is 0.494. The molecule has 3 rings (SSSR count). The van der Waals surface area contributed by atoms with Crippen molar-refractivity contribution in [2.75, 3.05) is 23.5 Å². The van der Waals surface area contributed by atoms with Gasteiger partial charge in [0.15, 0.2) is 0 Å². The smallest absolute Gasteiger partial charge is 0.255 e. The third-order valence-corrected chi connectivity index (χ3v) is 5.50. The van der Waals surface area contributed by atoms with E-state index in [4.69, 9.17) is 16.3 Å². The SMILES string of the molecule is COc1cccc(C(=O)Nc2cccc(SCC(=O)Nc3cc(Cl)ccc3C)c2)c1. The summed E-state index contributed by atoms with van der Waals surface area (Å²) >= 11 is 7.38. The molecule has 0 radical (unpaired) electrons. The standard InChI is InChI=1S/C23H21ClN2O3S/c1-15-9-10-17(24)12-21(15)26-22(27)14-30-20-8-4-6-18(13-20)25-23(28)16-5-3-7-19(11-16)29-2/h3-13H,14H2,1-2H3,(H,25,28)(H,26,27). The van der Waals surface area contributed by atoms with Crippen molar-refractivity contribution in [3.8, 4) is 5.75 Å². The van der Waals surface area contributed by atoms with E-state index in [1.54, 1.807) is 49.6 Å². The number of rotatable bonds is 7. The lowest BCUT2D eigenvalue weighted by molar-refractivity contribution is -0.113. The predicted molar refractivity (Wildman–Crippen MR) is 123 cm³/mol. The van der Waals surface area contributed by atoms with E-state index in [0.717, 1.165) is 10.5 Å². The normalized spacial score (nSPS) is 10.4. The van der Waals surface area contributed by atoms with Gasteiger partial charge in [0.25, 0.3) is 5.91 Å². The monoisotopic (exact) mass is 440 g/mol. The van der Waals surface area contributed by atoms with Crippen LogP contribution < -0.4 is 15.4 Å². The van der Waals surface area contributed by atoms with Crippen molar-refractivity contribution < 1.29 is 14.3 Å². The second kappa shape index (κ2) is 10.2. The van der Waals surface area contributed by atoms with Crippen LogP contribution in [-0.4, -0.2) is 24.7 Å². The number of halogens is 1. The van der Waals surface area contributed by atoms with Gasteiger partial charge < -0.3 is 15.4 Å². The molecule has 2 amide bonds. The van der Waals surface area contributed by atoms with E-state index in [-0.39, 0.29) is 17.6 Å². The maximum atomic E-state index is 12.5. The summed E-state index contributed by atoms with van der Waals surface area (Å²) in [6.07, 6.45) is 0. The number of anilines is 2. The molecule has 30 heavy (non-hydrogen) atoms. The largest absolute Gasteiger partial charge is 0.497 e. The first kappa shape index (κ1) is 21.7. The quantitative estimate of drug-likeness (QED) is 0.466. The zero-order chi connectivity index (χ0) is 21.5. The number of amides is 2. The molecule has 0 spiro atoms. The fourth-order valence-corrected chi connectivity index (χ4v) is 3.62. The van der Waals surface area contributed by atoms with Gasteiger partial charge in [0.2, 0.25) is 5.91 Å². The molecule has 0 aromatic heterocycles. The van der Waals surface area contributed by atoms with Crippen molar-refractivity contribution in [3.05, 3.63) is 82.9 Å². The van der Waals surface area contributed by atoms with E-state index >= 15 is 0 Å². The summed E-state index contributed by atoms with van der Waals surface area (Å²) in [5.41, 5.74) is 2.80. The van der Waals surface area contributed by atoms with Crippen molar-refractivity contribution in [2.45, 2.75) is 11.8 Å². The number of carbonyl (C=O) groups is 2. The maximum Gasteiger partial charge on any atom is 0.255 e. The van der Waals surface area contributed by atoms with Crippen molar-refractivity contribution >= 4 is 46.6 Å². The number of thioether (sulfide) groups is 1. The van der Waals surface area contributed by atoms with E-state index < -0.39 is 0 Å². The molecule has 0 unspecified atom stereocenters. The average molecular weight is 441 g/mol. The fraction of sp³-hybridized carbons (Fsp3) is 0.130. The Morgan fingerprint density at radius 3 is 2.60 bits per heavy atom. The van der Waals surface area contributed by atoms with Gasteiger partial charge in [-0.3, -0.25) is 9.59 Å². The minimum absolute atomic E-state index is 0.129. The molecule has 7 heteroatoms. The molecule has 0 fully saturated rings. The van der Waals surface area contributed by atoms with Gasteiger partial charge in [0.1, 0.15) is 5.75 Å². The Kier molecular flexibility index (Phi) is 7.38. The average Bonchev–Trinajstić information content (AvgIpc) is 2.75. The van der Waals surface area contributed by atoms with Crippen molar-refractivity contribution in [1.82, 2.24) is 0 Å². The van der Waals surface area contributed by atoms with E-state index in [9.17, 15) is 9.59 Å². The first-order valence-corrected chi connectivity index (χ1v) is 10.6. The molecule has 0 aliphatic rings. The van der Waals surface area contributed by atoms with Crippen LogP contribution in [0.15, 0.2) is 71.6 Å². The summed E-state index contributed by atoms with van der Waals surface area (Å²) in [5, 5.41) is 6.31. The third-order valence-electron chi connectivity index (χ3n) is 4.27. The van der Waals surface area contributed by atoms with E-state index in [1.807, 2.05) is 31.2 Å². The molecule has 0 heterocycles. The van der Waals surface area contributed by atoms with Crippen molar-refractivity contribution in [1.29, 1.82) is 0 Å². The number of hydrogen-bond acceptors (Lipinski definition) is 4. The molecule has 3 aromatic carbocycles. The first-order valence-electron chi connectivity index (χ1n) is 9.19. The number of nitrogens with one attached hydrogen (secondary N) is 2. The topological polar surface area (TPSA) is 67.4 Å². The summed E-state index contributed by atoms with van der Waals surface area (Å²) in [7, 11) is 1.56. The lowest BCUT2D eigenvalue weighted by atomic mass is 10.2. The minimum atomic E-state index is -0.231. The Balaban J connectivity index is 1.59. The van der Waals surface area contributed by atoms with Gasteiger partial charge in [-0.25, -0.2) is 0 Å². The van der Waals surface area contributed by atoms with Gasteiger partial charge in [-0.05, 0) is 61.0 Å². The lowest BCUT2D eigenvalue weighted by Gasteiger charge is -2.10. The Morgan fingerprint density at radius 2 is 1.80 bits per heavy atom. The van der Waals surface area contributed by atoms with E-state index in [0.29, 0.717) is 27.7 Å². The second-order valence-corrected chi connectivity index (χ2v) is 8.00. The van der Waals surface area contributed by atoms with Crippen molar-refractivity contribution in [2.24, 2.45) is 0 Å². The van der Waals surface area contributed by atoms with Gasteiger partial charge in [-0.1, -0.05) is 29.8 Å². The number of hydrogen-bond donors (Lipinski definition) is 2. The van der Waals surface area contributed by atoms with Crippen LogP contribution in [-0.2, 0) is 4.79 Å². The van der Waals surface area contributed by atoms with Crippen LogP contribution in [0.3, 0.4) is 0 Å². The molecule has 3 aromatic rings. The van der Waals surface area contributed by atoms with E-state index in [1.165, 1.54) is 11.8 Å². The first-order chi connectivity index (χ1) is 14.4. The van der Waals surface area contributed by atoms with Crippen LogP contribution in [0.1, 0.15) is 15.9 Å². The molecule has 0 aliphatic heterocycles. The van der Waals surface area contributed by atoms with Crippen LogP contribution in [0.5, 0.6) is 5.75 Å². The highest BCUT2D eigenvalue weighted by Crippen LogP contribution is 2.24. The highest BCUT2D eigenvalue weighted by Gasteiger charge is 2.09. The zero-order valence-corrected chi connectivity index (χ0v) is 18.1. The fourth-order valence-electron chi connectivity index (χ4n) is 2.70. The second-order valence-electron chi connectivity index (χ2n) is 6.51.